The number of rotatable bonds is 4. The van der Waals surface area contributed by atoms with Gasteiger partial charge in [0.25, 0.3) is 11.5 Å². The van der Waals surface area contributed by atoms with Crippen molar-refractivity contribution in [1.82, 2.24) is 9.88 Å². The van der Waals surface area contributed by atoms with Crippen LogP contribution in [0.2, 0.25) is 0 Å². The number of hydrogen-bond donors (Lipinski definition) is 1. The number of nitrogens with one attached hydrogen (secondary N) is 1. The molecule has 0 fully saturated rings. The molecule has 0 aliphatic rings. The molecule has 116 valence electrons. The first-order valence-corrected chi connectivity index (χ1v) is 7.46. The number of hydrogen-bond acceptors (Lipinski definition) is 2. The molecule has 1 N–H and O–H groups in total. The van der Waals surface area contributed by atoms with E-state index in [1.165, 1.54) is 16.2 Å². The van der Waals surface area contributed by atoms with E-state index < -0.39 is 0 Å². The van der Waals surface area contributed by atoms with Gasteiger partial charge in [0.2, 0.25) is 0 Å². The van der Waals surface area contributed by atoms with Crippen molar-refractivity contribution in [2.24, 2.45) is 7.05 Å². The number of amides is 1. The minimum absolute atomic E-state index is 0.113. The summed E-state index contributed by atoms with van der Waals surface area (Å²) in [5.74, 6) is 0.248. The number of aryl methyl sites for hydroxylation is 1. The zero-order valence-corrected chi connectivity index (χ0v) is 13.5. The molecule has 4 heteroatoms. The van der Waals surface area contributed by atoms with Gasteiger partial charge in [-0.25, -0.2) is 0 Å². The number of carbonyl (C=O) groups excluding carboxylic acids is 1. The van der Waals surface area contributed by atoms with E-state index in [0.29, 0.717) is 11.5 Å². The van der Waals surface area contributed by atoms with E-state index >= 15 is 0 Å². The monoisotopic (exact) mass is 298 g/mol. The number of pyridine rings is 1. The minimum atomic E-state index is -0.238. The third-order valence-electron chi connectivity index (χ3n) is 3.82. The summed E-state index contributed by atoms with van der Waals surface area (Å²) in [6.07, 6.45) is 1.60. The Kier molecular flexibility index (Phi) is 4.81. The molecule has 0 radical (unpaired) electrons. The van der Waals surface area contributed by atoms with Crippen molar-refractivity contribution in [1.29, 1.82) is 0 Å². The van der Waals surface area contributed by atoms with Gasteiger partial charge in [0.15, 0.2) is 0 Å². The highest BCUT2D eigenvalue weighted by molar-refractivity contribution is 5.94. The molecule has 1 aromatic carbocycles. The zero-order chi connectivity index (χ0) is 16.3. The predicted octanol–water partition coefficient (Wildman–Crippen LogP) is 3.00. The van der Waals surface area contributed by atoms with Crippen LogP contribution in [-0.2, 0) is 7.05 Å². The van der Waals surface area contributed by atoms with Gasteiger partial charge in [0, 0.05) is 24.9 Å². The Morgan fingerprint density at radius 1 is 1.05 bits per heavy atom. The molecule has 22 heavy (non-hydrogen) atoms. The Bertz CT molecular complexity index is 715. The highest BCUT2D eigenvalue weighted by atomic mass is 16.2. The van der Waals surface area contributed by atoms with E-state index in [-0.39, 0.29) is 17.5 Å². The molecule has 0 saturated carbocycles. The molecule has 0 unspecified atom stereocenters. The minimum Gasteiger partial charge on any atom is -0.346 e. The molecular formula is C18H22N2O2. The summed E-state index contributed by atoms with van der Waals surface area (Å²) in [4.78, 5) is 23.8. The van der Waals surface area contributed by atoms with Crippen molar-refractivity contribution in [3.63, 3.8) is 0 Å². The van der Waals surface area contributed by atoms with Gasteiger partial charge in [-0.2, -0.15) is 0 Å². The van der Waals surface area contributed by atoms with Crippen molar-refractivity contribution in [3.05, 3.63) is 69.6 Å². The molecule has 2 rings (SSSR count). The van der Waals surface area contributed by atoms with E-state index in [9.17, 15) is 9.59 Å². The summed E-state index contributed by atoms with van der Waals surface area (Å²) in [5, 5.41) is 2.92. The lowest BCUT2D eigenvalue weighted by Crippen LogP contribution is -2.28. The third-order valence-corrected chi connectivity index (χ3v) is 3.82. The SMILES string of the molecule is CC(C)c1ccc([C@H](C)NC(=O)c2ccn(C)c(=O)c2)cc1. The first kappa shape index (κ1) is 16.0. The summed E-state index contributed by atoms with van der Waals surface area (Å²) in [5.41, 5.74) is 2.51. The van der Waals surface area contributed by atoms with Crippen LogP contribution in [0.1, 0.15) is 54.2 Å². The van der Waals surface area contributed by atoms with E-state index in [1.54, 1.807) is 19.3 Å². The maximum absolute atomic E-state index is 12.2. The Balaban J connectivity index is 2.10. The molecule has 0 bridgehead atoms. The smallest absolute Gasteiger partial charge is 0.252 e. The third kappa shape index (κ3) is 3.64. The average Bonchev–Trinajstić information content (AvgIpc) is 2.50. The summed E-state index contributed by atoms with van der Waals surface area (Å²) in [6.45, 7) is 6.23. The Morgan fingerprint density at radius 2 is 1.64 bits per heavy atom. The van der Waals surface area contributed by atoms with Crippen LogP contribution in [0.4, 0.5) is 0 Å². The molecule has 1 atom stereocenters. The van der Waals surface area contributed by atoms with Crippen LogP contribution < -0.4 is 10.9 Å². The molecule has 2 aromatic rings. The van der Waals surface area contributed by atoms with Crippen LogP contribution in [0, 0.1) is 0 Å². The van der Waals surface area contributed by atoms with Crippen LogP contribution in [-0.4, -0.2) is 10.5 Å². The van der Waals surface area contributed by atoms with E-state index in [1.807, 2.05) is 19.1 Å². The summed E-state index contributed by atoms with van der Waals surface area (Å²) in [6, 6.07) is 11.1. The summed E-state index contributed by atoms with van der Waals surface area (Å²) < 4.78 is 1.44. The van der Waals surface area contributed by atoms with Crippen LogP contribution in [0.15, 0.2) is 47.4 Å². The molecular weight excluding hydrogens is 276 g/mol. The molecule has 4 nitrogen and oxygen atoms in total. The molecule has 0 spiro atoms. The summed E-state index contributed by atoms with van der Waals surface area (Å²) in [7, 11) is 1.66. The number of benzene rings is 1. The largest absolute Gasteiger partial charge is 0.346 e. The van der Waals surface area contributed by atoms with Crippen molar-refractivity contribution < 1.29 is 4.79 Å². The fraction of sp³-hybridized carbons (Fsp3) is 0.333. The van der Waals surface area contributed by atoms with Crippen LogP contribution in [0.25, 0.3) is 0 Å². The summed E-state index contributed by atoms with van der Waals surface area (Å²) >= 11 is 0. The first-order valence-electron chi connectivity index (χ1n) is 7.46. The van der Waals surface area contributed by atoms with Gasteiger partial charge < -0.3 is 9.88 Å². The van der Waals surface area contributed by atoms with Crippen molar-refractivity contribution >= 4 is 5.91 Å². The van der Waals surface area contributed by atoms with Gasteiger partial charge in [0.05, 0.1) is 6.04 Å². The lowest BCUT2D eigenvalue weighted by molar-refractivity contribution is 0.0939. The second-order valence-electron chi connectivity index (χ2n) is 5.88. The van der Waals surface area contributed by atoms with Crippen molar-refractivity contribution in [2.45, 2.75) is 32.7 Å². The van der Waals surface area contributed by atoms with Gasteiger partial charge in [-0.1, -0.05) is 38.1 Å². The Labute approximate surface area is 130 Å². The van der Waals surface area contributed by atoms with Crippen molar-refractivity contribution in [3.8, 4) is 0 Å². The maximum Gasteiger partial charge on any atom is 0.252 e. The van der Waals surface area contributed by atoms with Gasteiger partial charge in [-0.3, -0.25) is 9.59 Å². The average molecular weight is 298 g/mol. The Hall–Kier alpha value is -2.36. The van der Waals surface area contributed by atoms with Gasteiger partial charge in [0.1, 0.15) is 0 Å². The molecule has 1 amide bonds. The molecule has 0 saturated heterocycles. The fourth-order valence-electron chi connectivity index (χ4n) is 2.22. The maximum atomic E-state index is 12.2. The Morgan fingerprint density at radius 3 is 2.18 bits per heavy atom. The normalized spacial score (nSPS) is 12.2. The lowest BCUT2D eigenvalue weighted by atomic mass is 9.99. The molecule has 0 aliphatic carbocycles. The first-order chi connectivity index (χ1) is 10.4. The van der Waals surface area contributed by atoms with Crippen LogP contribution in [0.3, 0.4) is 0 Å². The van der Waals surface area contributed by atoms with Gasteiger partial charge in [-0.15, -0.1) is 0 Å². The number of nitrogens with zero attached hydrogens (tertiary/aromatic N) is 1. The molecule has 0 aliphatic heterocycles. The highest BCUT2D eigenvalue weighted by Crippen LogP contribution is 2.18. The lowest BCUT2D eigenvalue weighted by Gasteiger charge is -2.15. The topological polar surface area (TPSA) is 51.1 Å². The second-order valence-corrected chi connectivity index (χ2v) is 5.88. The fourth-order valence-corrected chi connectivity index (χ4v) is 2.22. The van der Waals surface area contributed by atoms with Crippen LogP contribution in [0.5, 0.6) is 0 Å². The van der Waals surface area contributed by atoms with Gasteiger partial charge >= 0.3 is 0 Å². The van der Waals surface area contributed by atoms with Crippen molar-refractivity contribution in [2.75, 3.05) is 0 Å². The molecule has 1 heterocycles. The quantitative estimate of drug-likeness (QED) is 0.943. The van der Waals surface area contributed by atoms with E-state index in [0.717, 1.165) is 5.56 Å². The zero-order valence-electron chi connectivity index (χ0n) is 13.5. The molecule has 1 aromatic heterocycles. The predicted molar refractivity (Wildman–Crippen MR) is 88.1 cm³/mol. The number of carbonyl (C=O) groups is 1. The second kappa shape index (κ2) is 6.60. The van der Waals surface area contributed by atoms with E-state index in [4.69, 9.17) is 0 Å². The number of aromatic nitrogens is 1. The van der Waals surface area contributed by atoms with Gasteiger partial charge in [-0.05, 0) is 30.0 Å². The standard InChI is InChI=1S/C18H22N2O2/c1-12(2)14-5-7-15(8-6-14)13(3)19-18(22)16-9-10-20(4)17(21)11-16/h5-13H,1-4H3,(H,19,22)/t13-/m0/s1. The highest BCUT2D eigenvalue weighted by Gasteiger charge is 2.12. The van der Waals surface area contributed by atoms with E-state index in [2.05, 4.69) is 31.3 Å². The van der Waals surface area contributed by atoms with Crippen LogP contribution >= 0.6 is 0 Å².